The third-order valence-electron chi connectivity index (χ3n) is 4.70. The zero-order valence-electron chi connectivity index (χ0n) is 14.9. The molecule has 2 aromatic carbocycles. The highest BCUT2D eigenvalue weighted by Crippen LogP contribution is 2.20. The fourth-order valence-corrected chi connectivity index (χ4v) is 3.24. The summed E-state index contributed by atoms with van der Waals surface area (Å²) in [5.74, 6) is 0.821. The number of rotatable bonds is 3. The topological polar surface area (TPSA) is 56.0 Å². The molecule has 0 saturated heterocycles. The Labute approximate surface area is 156 Å². The second-order valence-corrected chi connectivity index (χ2v) is 6.68. The van der Waals surface area contributed by atoms with Crippen molar-refractivity contribution in [1.82, 2.24) is 24.8 Å². The van der Waals surface area contributed by atoms with Gasteiger partial charge in [-0.2, -0.15) is 9.61 Å². The van der Waals surface area contributed by atoms with E-state index in [1.807, 2.05) is 35.0 Å². The Morgan fingerprint density at radius 2 is 1.78 bits per heavy atom. The Morgan fingerprint density at radius 1 is 0.889 bits per heavy atom. The standard InChI is InChI=1S/C22H17N5/c1-15-4-7-17(8-5-15)20-10-11-21-24-25-22(27(21)26-20)14-16-6-9-19-18(13-16)3-2-12-23-19/h2-13H,14H2,1H3. The molecule has 0 spiro atoms. The van der Waals surface area contributed by atoms with E-state index in [0.29, 0.717) is 6.42 Å². The summed E-state index contributed by atoms with van der Waals surface area (Å²) in [4.78, 5) is 4.38. The van der Waals surface area contributed by atoms with E-state index in [4.69, 9.17) is 5.10 Å². The van der Waals surface area contributed by atoms with Crippen LogP contribution in [0.2, 0.25) is 0 Å². The van der Waals surface area contributed by atoms with Crippen LogP contribution in [0.15, 0.2) is 72.9 Å². The van der Waals surface area contributed by atoms with Crippen LogP contribution in [-0.2, 0) is 6.42 Å². The van der Waals surface area contributed by atoms with Crippen molar-refractivity contribution in [1.29, 1.82) is 0 Å². The lowest BCUT2D eigenvalue weighted by molar-refractivity contribution is 0.842. The minimum Gasteiger partial charge on any atom is -0.256 e. The van der Waals surface area contributed by atoms with E-state index in [-0.39, 0.29) is 0 Å². The molecule has 0 aliphatic heterocycles. The summed E-state index contributed by atoms with van der Waals surface area (Å²) in [5, 5.41) is 14.5. The van der Waals surface area contributed by atoms with Gasteiger partial charge in [-0.1, -0.05) is 42.0 Å². The van der Waals surface area contributed by atoms with Crippen LogP contribution in [0.1, 0.15) is 17.0 Å². The summed E-state index contributed by atoms with van der Waals surface area (Å²) >= 11 is 0. The second-order valence-electron chi connectivity index (χ2n) is 6.68. The first-order chi connectivity index (χ1) is 13.3. The molecule has 5 heteroatoms. The zero-order chi connectivity index (χ0) is 18.2. The molecular formula is C22H17N5. The lowest BCUT2D eigenvalue weighted by Gasteiger charge is -2.05. The Morgan fingerprint density at radius 3 is 2.67 bits per heavy atom. The van der Waals surface area contributed by atoms with Gasteiger partial charge in [0.05, 0.1) is 11.2 Å². The number of hydrogen-bond acceptors (Lipinski definition) is 4. The Bertz CT molecular complexity index is 1250. The van der Waals surface area contributed by atoms with Crippen LogP contribution in [0.5, 0.6) is 0 Å². The van der Waals surface area contributed by atoms with E-state index in [1.165, 1.54) is 5.56 Å². The summed E-state index contributed by atoms with van der Waals surface area (Å²) in [6.45, 7) is 2.08. The van der Waals surface area contributed by atoms with Crippen molar-refractivity contribution in [3.05, 3.63) is 89.9 Å². The molecule has 0 saturated carbocycles. The molecule has 27 heavy (non-hydrogen) atoms. The van der Waals surface area contributed by atoms with Crippen LogP contribution in [0.25, 0.3) is 27.8 Å². The average Bonchev–Trinajstić information content (AvgIpc) is 3.10. The maximum atomic E-state index is 4.77. The minimum atomic E-state index is 0.663. The van der Waals surface area contributed by atoms with Gasteiger partial charge in [-0.15, -0.1) is 10.2 Å². The molecule has 5 aromatic rings. The number of aromatic nitrogens is 5. The fraction of sp³-hybridized carbons (Fsp3) is 0.0909. The molecular weight excluding hydrogens is 334 g/mol. The number of aryl methyl sites for hydroxylation is 1. The first kappa shape index (κ1) is 15.6. The number of nitrogens with zero attached hydrogens (tertiary/aromatic N) is 5. The molecule has 5 rings (SSSR count). The summed E-state index contributed by atoms with van der Waals surface area (Å²) < 4.78 is 1.84. The van der Waals surface area contributed by atoms with Crippen molar-refractivity contribution in [2.75, 3.05) is 0 Å². The third kappa shape index (κ3) is 2.93. The highest BCUT2D eigenvalue weighted by atomic mass is 15.4. The smallest absolute Gasteiger partial charge is 0.177 e. The van der Waals surface area contributed by atoms with Gasteiger partial charge in [0.1, 0.15) is 0 Å². The van der Waals surface area contributed by atoms with Crippen LogP contribution in [-0.4, -0.2) is 24.8 Å². The van der Waals surface area contributed by atoms with E-state index in [9.17, 15) is 0 Å². The van der Waals surface area contributed by atoms with E-state index < -0.39 is 0 Å². The molecule has 0 N–H and O–H groups in total. The van der Waals surface area contributed by atoms with E-state index in [0.717, 1.165) is 39.2 Å². The average molecular weight is 351 g/mol. The van der Waals surface area contributed by atoms with Gasteiger partial charge in [0.2, 0.25) is 0 Å². The highest BCUT2D eigenvalue weighted by Gasteiger charge is 2.10. The van der Waals surface area contributed by atoms with Crippen molar-refractivity contribution >= 4 is 16.6 Å². The number of hydrogen-bond donors (Lipinski definition) is 0. The molecule has 0 aliphatic carbocycles. The lowest BCUT2D eigenvalue weighted by Crippen LogP contribution is -2.01. The van der Waals surface area contributed by atoms with Crippen molar-refractivity contribution in [2.24, 2.45) is 0 Å². The first-order valence-corrected chi connectivity index (χ1v) is 8.88. The van der Waals surface area contributed by atoms with Gasteiger partial charge >= 0.3 is 0 Å². The van der Waals surface area contributed by atoms with Gasteiger partial charge in [-0.3, -0.25) is 4.98 Å². The van der Waals surface area contributed by atoms with Gasteiger partial charge in [0, 0.05) is 23.6 Å². The van der Waals surface area contributed by atoms with E-state index in [2.05, 4.69) is 64.6 Å². The predicted molar refractivity (Wildman–Crippen MR) is 106 cm³/mol. The summed E-state index contributed by atoms with van der Waals surface area (Å²) in [5.41, 5.74) is 6.13. The molecule has 0 radical (unpaired) electrons. The van der Waals surface area contributed by atoms with E-state index in [1.54, 1.807) is 0 Å². The molecule has 0 fully saturated rings. The maximum Gasteiger partial charge on any atom is 0.177 e. The largest absolute Gasteiger partial charge is 0.256 e. The Hall–Kier alpha value is -3.60. The van der Waals surface area contributed by atoms with Crippen LogP contribution in [0.3, 0.4) is 0 Å². The normalized spacial score (nSPS) is 11.3. The quantitative estimate of drug-likeness (QED) is 0.488. The van der Waals surface area contributed by atoms with Gasteiger partial charge in [-0.05, 0) is 42.8 Å². The molecule has 0 amide bonds. The summed E-state index contributed by atoms with van der Waals surface area (Å²) in [6, 6.07) is 22.6. The minimum absolute atomic E-state index is 0.663. The molecule has 0 aliphatic rings. The molecule has 0 unspecified atom stereocenters. The molecule has 0 atom stereocenters. The number of benzene rings is 2. The van der Waals surface area contributed by atoms with Crippen molar-refractivity contribution < 1.29 is 0 Å². The summed E-state index contributed by atoms with van der Waals surface area (Å²) in [7, 11) is 0. The van der Waals surface area contributed by atoms with Gasteiger partial charge in [0.25, 0.3) is 0 Å². The highest BCUT2D eigenvalue weighted by molar-refractivity contribution is 5.79. The Balaban J connectivity index is 1.54. The SMILES string of the molecule is Cc1ccc(-c2ccc3nnc(Cc4ccc5ncccc5c4)n3n2)cc1. The first-order valence-electron chi connectivity index (χ1n) is 8.88. The van der Waals surface area contributed by atoms with Crippen molar-refractivity contribution in [2.45, 2.75) is 13.3 Å². The van der Waals surface area contributed by atoms with Crippen LogP contribution in [0, 0.1) is 6.92 Å². The predicted octanol–water partition coefficient (Wildman–Crippen LogP) is 4.24. The van der Waals surface area contributed by atoms with Gasteiger partial charge in [-0.25, -0.2) is 0 Å². The molecule has 0 bridgehead atoms. The lowest BCUT2D eigenvalue weighted by atomic mass is 10.1. The number of pyridine rings is 1. The zero-order valence-corrected chi connectivity index (χ0v) is 14.9. The monoisotopic (exact) mass is 351 g/mol. The van der Waals surface area contributed by atoms with Crippen LogP contribution < -0.4 is 0 Å². The Kier molecular flexibility index (Phi) is 3.64. The van der Waals surface area contributed by atoms with E-state index >= 15 is 0 Å². The van der Waals surface area contributed by atoms with Crippen molar-refractivity contribution in [3.63, 3.8) is 0 Å². The maximum absolute atomic E-state index is 4.77. The third-order valence-corrected chi connectivity index (χ3v) is 4.70. The van der Waals surface area contributed by atoms with Crippen molar-refractivity contribution in [3.8, 4) is 11.3 Å². The molecule has 3 heterocycles. The fourth-order valence-electron chi connectivity index (χ4n) is 3.24. The number of fused-ring (bicyclic) bond motifs is 2. The summed E-state index contributed by atoms with van der Waals surface area (Å²) in [6.07, 6.45) is 2.47. The molecule has 3 aromatic heterocycles. The molecule has 5 nitrogen and oxygen atoms in total. The second kappa shape index (κ2) is 6.29. The van der Waals surface area contributed by atoms with Gasteiger partial charge < -0.3 is 0 Å². The van der Waals surface area contributed by atoms with Gasteiger partial charge in [0.15, 0.2) is 11.5 Å². The van der Waals surface area contributed by atoms with Crippen LogP contribution in [0.4, 0.5) is 0 Å². The molecule has 130 valence electrons. The van der Waals surface area contributed by atoms with Crippen LogP contribution >= 0.6 is 0 Å².